The minimum absolute atomic E-state index is 0.0758. The van der Waals surface area contributed by atoms with E-state index in [0.29, 0.717) is 21.4 Å². The van der Waals surface area contributed by atoms with Crippen LogP contribution >= 0.6 is 31.9 Å². The fraction of sp³-hybridized carbons (Fsp3) is 0.600. The summed E-state index contributed by atoms with van der Waals surface area (Å²) in [7, 11) is 0. The van der Waals surface area contributed by atoms with Crippen molar-refractivity contribution in [2.45, 2.75) is 33.2 Å². The van der Waals surface area contributed by atoms with Crippen molar-refractivity contribution in [3.63, 3.8) is 0 Å². The van der Waals surface area contributed by atoms with E-state index in [1.807, 2.05) is 0 Å². The van der Waals surface area contributed by atoms with E-state index in [1.165, 1.54) is 4.68 Å². The van der Waals surface area contributed by atoms with E-state index in [2.05, 4.69) is 50.8 Å². The Morgan fingerprint density at radius 2 is 2.13 bits per heavy atom. The molecule has 0 aliphatic rings. The van der Waals surface area contributed by atoms with Gasteiger partial charge in [-0.05, 0) is 50.6 Å². The molecule has 0 bridgehead atoms. The van der Waals surface area contributed by atoms with E-state index in [0.717, 1.165) is 12.8 Å². The predicted molar refractivity (Wildman–Crippen MR) is 68.0 cm³/mol. The number of nitrogens with zero attached hydrogens (tertiary/aromatic N) is 2. The number of hydrogen-bond acceptors (Lipinski definition) is 2. The molecule has 0 aliphatic heterocycles. The van der Waals surface area contributed by atoms with Gasteiger partial charge in [-0.2, -0.15) is 5.10 Å². The van der Waals surface area contributed by atoms with Crippen LogP contribution in [-0.2, 0) is 6.54 Å². The van der Waals surface area contributed by atoms with Gasteiger partial charge in [0.15, 0.2) is 0 Å². The Hall–Kier alpha value is -0.160. The Morgan fingerprint density at radius 3 is 2.73 bits per heavy atom. The highest BCUT2D eigenvalue weighted by Gasteiger charge is 2.06. The highest BCUT2D eigenvalue weighted by atomic mass is 79.9. The van der Waals surface area contributed by atoms with Crippen molar-refractivity contribution >= 4 is 31.9 Å². The van der Waals surface area contributed by atoms with Crippen molar-refractivity contribution in [3.05, 3.63) is 25.5 Å². The number of aryl methyl sites for hydroxylation is 1. The third kappa shape index (κ3) is 3.72. The summed E-state index contributed by atoms with van der Waals surface area (Å²) >= 11 is 6.48. The Bertz CT molecular complexity index is 387. The molecule has 1 aromatic rings. The number of hydrogen-bond donors (Lipinski definition) is 0. The van der Waals surface area contributed by atoms with Crippen molar-refractivity contribution in [1.29, 1.82) is 0 Å². The topological polar surface area (TPSA) is 34.9 Å². The van der Waals surface area contributed by atoms with Crippen LogP contribution in [0.15, 0.2) is 19.9 Å². The van der Waals surface area contributed by atoms with Gasteiger partial charge in [0, 0.05) is 6.54 Å². The van der Waals surface area contributed by atoms with Gasteiger partial charge >= 0.3 is 0 Å². The molecule has 1 aromatic heterocycles. The third-order valence-electron chi connectivity index (χ3n) is 2.09. The summed E-state index contributed by atoms with van der Waals surface area (Å²) in [5.74, 6) is 0.666. The summed E-state index contributed by atoms with van der Waals surface area (Å²) in [4.78, 5) is 11.7. The summed E-state index contributed by atoms with van der Waals surface area (Å²) in [5.41, 5.74) is -0.0758. The first kappa shape index (κ1) is 12.9. The summed E-state index contributed by atoms with van der Waals surface area (Å²) < 4.78 is 2.74. The number of rotatable bonds is 4. The van der Waals surface area contributed by atoms with Crippen LogP contribution in [0.4, 0.5) is 0 Å². The minimum atomic E-state index is -0.0758. The van der Waals surface area contributed by atoms with Crippen LogP contribution < -0.4 is 5.56 Å². The molecule has 0 spiro atoms. The van der Waals surface area contributed by atoms with Gasteiger partial charge in [0.05, 0.1) is 10.7 Å². The van der Waals surface area contributed by atoms with Crippen molar-refractivity contribution in [3.8, 4) is 0 Å². The third-order valence-corrected chi connectivity index (χ3v) is 3.99. The standard InChI is InChI=1S/C10H14Br2N2O/c1-7(2)4-3-5-14-10(15)9(12)8(11)6-13-14/h6-7H,3-5H2,1-2H3. The molecule has 0 atom stereocenters. The van der Waals surface area contributed by atoms with E-state index in [1.54, 1.807) is 6.20 Å². The summed E-state index contributed by atoms with van der Waals surface area (Å²) in [6, 6.07) is 0. The highest BCUT2D eigenvalue weighted by molar-refractivity contribution is 9.13. The molecule has 1 rings (SSSR count). The molecule has 0 saturated carbocycles. The average molecular weight is 338 g/mol. The molecule has 0 saturated heterocycles. The van der Waals surface area contributed by atoms with E-state index >= 15 is 0 Å². The lowest BCUT2D eigenvalue weighted by atomic mass is 10.1. The first-order valence-electron chi connectivity index (χ1n) is 4.93. The maximum Gasteiger partial charge on any atom is 0.282 e. The van der Waals surface area contributed by atoms with Crippen molar-refractivity contribution in [2.75, 3.05) is 0 Å². The SMILES string of the molecule is CC(C)CCCn1ncc(Br)c(Br)c1=O. The van der Waals surface area contributed by atoms with Gasteiger partial charge in [-0.25, -0.2) is 4.68 Å². The first-order valence-corrected chi connectivity index (χ1v) is 6.52. The summed E-state index contributed by atoms with van der Waals surface area (Å²) in [5, 5.41) is 4.06. The lowest BCUT2D eigenvalue weighted by Crippen LogP contribution is -2.23. The highest BCUT2D eigenvalue weighted by Crippen LogP contribution is 2.16. The largest absolute Gasteiger partial charge is 0.282 e. The maximum atomic E-state index is 11.7. The van der Waals surface area contributed by atoms with Gasteiger partial charge in [-0.15, -0.1) is 0 Å². The smallest absolute Gasteiger partial charge is 0.266 e. The molecule has 84 valence electrons. The van der Waals surface area contributed by atoms with E-state index < -0.39 is 0 Å². The molecule has 5 heteroatoms. The van der Waals surface area contributed by atoms with Crippen LogP contribution in [-0.4, -0.2) is 9.78 Å². The van der Waals surface area contributed by atoms with Gasteiger partial charge < -0.3 is 0 Å². The monoisotopic (exact) mass is 336 g/mol. The van der Waals surface area contributed by atoms with Crippen molar-refractivity contribution in [1.82, 2.24) is 9.78 Å². The van der Waals surface area contributed by atoms with Crippen LogP contribution in [0.5, 0.6) is 0 Å². The zero-order valence-electron chi connectivity index (χ0n) is 8.83. The fourth-order valence-corrected chi connectivity index (χ4v) is 1.82. The minimum Gasteiger partial charge on any atom is -0.266 e. The van der Waals surface area contributed by atoms with Crippen molar-refractivity contribution < 1.29 is 0 Å². The van der Waals surface area contributed by atoms with Crippen LogP contribution in [0.3, 0.4) is 0 Å². The molecule has 0 unspecified atom stereocenters. The maximum absolute atomic E-state index is 11.7. The quantitative estimate of drug-likeness (QED) is 0.845. The molecule has 0 amide bonds. The molecule has 0 aliphatic carbocycles. The second-order valence-electron chi connectivity index (χ2n) is 3.87. The molecule has 0 fully saturated rings. The zero-order chi connectivity index (χ0) is 11.4. The molecule has 0 radical (unpaired) electrons. The molecule has 3 nitrogen and oxygen atoms in total. The fourth-order valence-electron chi connectivity index (χ4n) is 1.25. The van der Waals surface area contributed by atoms with Crippen LogP contribution in [0.1, 0.15) is 26.7 Å². The lowest BCUT2D eigenvalue weighted by Gasteiger charge is -2.07. The molecule has 1 heterocycles. The van der Waals surface area contributed by atoms with E-state index in [-0.39, 0.29) is 5.56 Å². The Balaban J connectivity index is 2.71. The zero-order valence-corrected chi connectivity index (χ0v) is 12.0. The van der Waals surface area contributed by atoms with E-state index in [4.69, 9.17) is 0 Å². The normalized spacial score (nSPS) is 11.0. The summed E-state index contributed by atoms with van der Waals surface area (Å²) in [6.45, 7) is 5.03. The first-order chi connectivity index (χ1) is 7.02. The molecule has 0 N–H and O–H groups in total. The molecular weight excluding hydrogens is 324 g/mol. The Morgan fingerprint density at radius 1 is 1.47 bits per heavy atom. The summed E-state index contributed by atoms with van der Waals surface area (Å²) in [6.07, 6.45) is 3.74. The van der Waals surface area contributed by atoms with Gasteiger partial charge in [0.1, 0.15) is 4.47 Å². The molecule has 0 aromatic carbocycles. The van der Waals surface area contributed by atoms with Gasteiger partial charge in [-0.1, -0.05) is 13.8 Å². The van der Waals surface area contributed by atoms with Crippen LogP contribution in [0, 0.1) is 5.92 Å². The van der Waals surface area contributed by atoms with Crippen molar-refractivity contribution in [2.24, 2.45) is 5.92 Å². The average Bonchev–Trinajstić information content (AvgIpc) is 2.18. The predicted octanol–water partition coefficient (Wildman–Crippen LogP) is 3.20. The van der Waals surface area contributed by atoms with Gasteiger partial charge in [-0.3, -0.25) is 4.79 Å². The van der Waals surface area contributed by atoms with E-state index in [9.17, 15) is 4.79 Å². The Kier molecular flexibility index (Phi) is 4.99. The second-order valence-corrected chi connectivity index (χ2v) is 5.52. The van der Waals surface area contributed by atoms with Crippen LogP contribution in [0.2, 0.25) is 0 Å². The van der Waals surface area contributed by atoms with Gasteiger partial charge in [0.25, 0.3) is 5.56 Å². The second kappa shape index (κ2) is 5.80. The molecular formula is C10H14Br2N2O. The number of halogens is 2. The molecule has 15 heavy (non-hydrogen) atoms. The Labute approximate surface area is 106 Å². The van der Waals surface area contributed by atoms with Crippen LogP contribution in [0.25, 0.3) is 0 Å². The van der Waals surface area contributed by atoms with Gasteiger partial charge in [0.2, 0.25) is 0 Å². The number of aromatic nitrogens is 2. The lowest BCUT2D eigenvalue weighted by molar-refractivity contribution is 0.475.